The fourth-order valence-corrected chi connectivity index (χ4v) is 3.44. The molecule has 3 nitrogen and oxygen atoms in total. The van der Waals surface area contributed by atoms with E-state index < -0.39 is 0 Å². The summed E-state index contributed by atoms with van der Waals surface area (Å²) in [6, 6.07) is 18.8. The predicted molar refractivity (Wildman–Crippen MR) is 98.4 cm³/mol. The molecule has 118 valence electrons. The first-order chi connectivity index (χ1) is 11.8. The van der Waals surface area contributed by atoms with E-state index in [4.69, 9.17) is 0 Å². The summed E-state index contributed by atoms with van der Waals surface area (Å²) in [4.78, 5) is 9.05. The molecule has 0 atom stereocenters. The second-order valence-corrected chi connectivity index (χ2v) is 5.90. The van der Waals surface area contributed by atoms with Crippen molar-refractivity contribution in [3.05, 3.63) is 78.1 Å². The van der Waals surface area contributed by atoms with Gasteiger partial charge in [-0.15, -0.1) is 0 Å². The maximum Gasteiger partial charge on any atom is 0.234 e. The van der Waals surface area contributed by atoms with Crippen LogP contribution in [0.15, 0.2) is 67.0 Å². The molecule has 24 heavy (non-hydrogen) atoms. The summed E-state index contributed by atoms with van der Waals surface area (Å²) in [7, 11) is 0. The lowest BCUT2D eigenvalue weighted by Crippen LogP contribution is -2.03. The molecule has 4 rings (SSSR count). The average Bonchev–Trinajstić information content (AvgIpc) is 2.99. The molecule has 0 radical (unpaired) electrons. The number of rotatable bonds is 3. The summed E-state index contributed by atoms with van der Waals surface area (Å²) in [6.07, 6.45) is 4.56. The van der Waals surface area contributed by atoms with Crippen molar-refractivity contribution in [3.8, 4) is 17.2 Å². The maximum absolute atomic E-state index is 4.53. The molecule has 2 aromatic carbocycles. The van der Waals surface area contributed by atoms with Gasteiger partial charge in [0.1, 0.15) is 0 Å². The largest absolute Gasteiger partial charge is 0.277 e. The van der Waals surface area contributed by atoms with Crippen LogP contribution >= 0.6 is 0 Å². The van der Waals surface area contributed by atoms with Gasteiger partial charge in [-0.05, 0) is 36.1 Å². The van der Waals surface area contributed by atoms with Crippen molar-refractivity contribution in [2.24, 2.45) is 0 Å². The number of fused-ring (bicyclic) bond motifs is 1. The van der Waals surface area contributed by atoms with E-state index in [1.54, 1.807) is 12.4 Å². The van der Waals surface area contributed by atoms with Gasteiger partial charge in [-0.25, -0.2) is 9.97 Å². The zero-order valence-corrected chi connectivity index (χ0v) is 13.9. The maximum atomic E-state index is 4.53. The van der Waals surface area contributed by atoms with Crippen LogP contribution < -0.4 is 0 Å². The van der Waals surface area contributed by atoms with Gasteiger partial charge in [0.25, 0.3) is 0 Å². The Balaban J connectivity index is 2.19. The highest BCUT2D eigenvalue weighted by Gasteiger charge is 2.20. The molecule has 0 N–H and O–H groups in total. The van der Waals surface area contributed by atoms with E-state index in [1.807, 2.05) is 12.1 Å². The topological polar surface area (TPSA) is 30.7 Å². The van der Waals surface area contributed by atoms with Crippen molar-refractivity contribution in [1.29, 1.82) is 0 Å². The number of benzene rings is 2. The van der Waals surface area contributed by atoms with Crippen molar-refractivity contribution in [3.63, 3.8) is 0 Å². The van der Waals surface area contributed by atoms with E-state index in [0.717, 1.165) is 12.4 Å². The van der Waals surface area contributed by atoms with Gasteiger partial charge < -0.3 is 0 Å². The van der Waals surface area contributed by atoms with E-state index in [9.17, 15) is 0 Å². The highest BCUT2D eigenvalue weighted by atomic mass is 15.2. The molecule has 2 heterocycles. The lowest BCUT2D eigenvalue weighted by Gasteiger charge is -2.11. The summed E-state index contributed by atoms with van der Waals surface area (Å²) in [5, 5.41) is 1.28. The zero-order valence-electron chi connectivity index (χ0n) is 13.9. The third kappa shape index (κ3) is 2.21. The standard InChI is InChI=1S/C21H19N3/c1-3-17-18-12-7-9-15(2)19(18)24(21-22-13-8-14-23-21)20(17)16-10-5-4-6-11-16/h4-14H,3H2,1-2H3. The fourth-order valence-electron chi connectivity index (χ4n) is 3.44. The number of para-hydroxylation sites is 1. The van der Waals surface area contributed by atoms with Crippen molar-refractivity contribution >= 4 is 10.9 Å². The Hall–Kier alpha value is -2.94. The first-order valence-electron chi connectivity index (χ1n) is 8.27. The van der Waals surface area contributed by atoms with Gasteiger partial charge in [0.15, 0.2) is 0 Å². The Kier molecular flexibility index (Phi) is 3.62. The van der Waals surface area contributed by atoms with E-state index in [-0.39, 0.29) is 0 Å². The lowest BCUT2D eigenvalue weighted by atomic mass is 10.0. The van der Waals surface area contributed by atoms with Gasteiger partial charge in [-0.3, -0.25) is 4.57 Å². The SMILES string of the molecule is CCc1c(-c2ccccc2)n(-c2ncccn2)c2c(C)cccc12. The predicted octanol–water partition coefficient (Wildman–Crippen LogP) is 4.96. The van der Waals surface area contributed by atoms with Crippen molar-refractivity contribution in [2.45, 2.75) is 20.3 Å². The molecule has 0 spiro atoms. The Labute approximate surface area is 141 Å². The smallest absolute Gasteiger partial charge is 0.234 e. The Morgan fingerprint density at radius 2 is 1.62 bits per heavy atom. The van der Waals surface area contributed by atoms with Crippen LogP contribution in [-0.2, 0) is 6.42 Å². The van der Waals surface area contributed by atoms with Gasteiger partial charge in [0, 0.05) is 17.8 Å². The van der Waals surface area contributed by atoms with Gasteiger partial charge in [0.2, 0.25) is 5.95 Å². The molecule has 0 unspecified atom stereocenters. The van der Waals surface area contributed by atoms with Crippen molar-refractivity contribution in [1.82, 2.24) is 14.5 Å². The molecule has 0 saturated carbocycles. The molecule has 0 aliphatic heterocycles. The summed E-state index contributed by atoms with van der Waals surface area (Å²) in [6.45, 7) is 4.36. The second-order valence-electron chi connectivity index (χ2n) is 5.90. The molecule has 0 aliphatic rings. The van der Waals surface area contributed by atoms with Gasteiger partial charge in [-0.2, -0.15) is 0 Å². The molecule has 4 aromatic rings. The van der Waals surface area contributed by atoms with Crippen LogP contribution in [0.3, 0.4) is 0 Å². The van der Waals surface area contributed by atoms with Crippen LogP contribution in [0, 0.1) is 6.92 Å². The van der Waals surface area contributed by atoms with Gasteiger partial charge >= 0.3 is 0 Å². The van der Waals surface area contributed by atoms with E-state index >= 15 is 0 Å². The van der Waals surface area contributed by atoms with Gasteiger partial charge in [0.05, 0.1) is 11.2 Å². The highest BCUT2D eigenvalue weighted by Crippen LogP contribution is 2.37. The summed E-state index contributed by atoms with van der Waals surface area (Å²) in [5.41, 5.74) is 6.15. The molecule has 3 heteroatoms. The molecule has 0 aliphatic carbocycles. The third-order valence-electron chi connectivity index (χ3n) is 4.45. The summed E-state index contributed by atoms with van der Waals surface area (Å²) in [5.74, 6) is 0.718. The number of nitrogens with zero attached hydrogens (tertiary/aromatic N) is 3. The third-order valence-corrected chi connectivity index (χ3v) is 4.45. The molecule has 0 fully saturated rings. The lowest BCUT2D eigenvalue weighted by molar-refractivity contribution is 0.957. The normalized spacial score (nSPS) is 11.1. The molecule has 0 saturated heterocycles. The van der Waals surface area contributed by atoms with E-state index in [1.165, 1.54) is 33.3 Å². The van der Waals surface area contributed by atoms with Crippen LogP contribution in [0.5, 0.6) is 0 Å². The van der Waals surface area contributed by atoms with Crippen LogP contribution in [0.25, 0.3) is 28.1 Å². The minimum Gasteiger partial charge on any atom is -0.277 e. The minimum atomic E-state index is 0.718. The number of aryl methyl sites for hydroxylation is 2. The molecular weight excluding hydrogens is 294 g/mol. The zero-order chi connectivity index (χ0) is 16.5. The molecular formula is C21H19N3. The monoisotopic (exact) mass is 313 g/mol. The Morgan fingerprint density at radius 3 is 2.33 bits per heavy atom. The van der Waals surface area contributed by atoms with Crippen molar-refractivity contribution in [2.75, 3.05) is 0 Å². The minimum absolute atomic E-state index is 0.718. The molecule has 0 amide bonds. The summed E-state index contributed by atoms with van der Waals surface area (Å²) < 4.78 is 2.21. The van der Waals surface area contributed by atoms with E-state index in [2.05, 4.69) is 70.8 Å². The molecule has 2 aromatic heterocycles. The summed E-state index contributed by atoms with van der Waals surface area (Å²) >= 11 is 0. The number of aromatic nitrogens is 3. The number of hydrogen-bond acceptors (Lipinski definition) is 2. The average molecular weight is 313 g/mol. The number of hydrogen-bond donors (Lipinski definition) is 0. The second kappa shape index (κ2) is 5.93. The molecule has 0 bridgehead atoms. The van der Waals surface area contributed by atoms with Crippen molar-refractivity contribution < 1.29 is 0 Å². The fraction of sp³-hybridized carbons (Fsp3) is 0.143. The van der Waals surface area contributed by atoms with Gasteiger partial charge in [-0.1, -0.05) is 55.5 Å². The van der Waals surface area contributed by atoms with Crippen LogP contribution in [0.1, 0.15) is 18.1 Å². The van der Waals surface area contributed by atoms with Crippen LogP contribution in [0.2, 0.25) is 0 Å². The Bertz CT molecular complexity index is 986. The van der Waals surface area contributed by atoms with Crippen LogP contribution in [0.4, 0.5) is 0 Å². The van der Waals surface area contributed by atoms with Crippen LogP contribution in [-0.4, -0.2) is 14.5 Å². The first-order valence-corrected chi connectivity index (χ1v) is 8.27. The van der Waals surface area contributed by atoms with E-state index in [0.29, 0.717) is 0 Å². The quantitative estimate of drug-likeness (QED) is 0.535. The first kappa shape index (κ1) is 14.6. The highest BCUT2D eigenvalue weighted by molar-refractivity contribution is 5.95. The Morgan fingerprint density at radius 1 is 0.875 bits per heavy atom.